The summed E-state index contributed by atoms with van der Waals surface area (Å²) in [6.45, 7) is 6.71. The van der Waals surface area contributed by atoms with E-state index in [4.69, 9.17) is 4.74 Å². The second kappa shape index (κ2) is 6.29. The van der Waals surface area contributed by atoms with Gasteiger partial charge in [-0.05, 0) is 48.9 Å². The van der Waals surface area contributed by atoms with Crippen molar-refractivity contribution in [2.75, 3.05) is 12.4 Å². The lowest BCUT2D eigenvalue weighted by atomic mass is 9.78. The summed E-state index contributed by atoms with van der Waals surface area (Å²) in [7, 11) is 1.41. The van der Waals surface area contributed by atoms with Gasteiger partial charge in [0, 0.05) is 11.7 Å². The maximum Gasteiger partial charge on any atom is 0.337 e. The number of hydrogen-bond acceptors (Lipinski definition) is 3. The molecular weight excluding hydrogens is 250 g/mol. The summed E-state index contributed by atoms with van der Waals surface area (Å²) in [6.07, 6.45) is 3.85. The lowest BCUT2D eigenvalue weighted by Crippen LogP contribution is -2.35. The molecule has 20 heavy (non-hydrogen) atoms. The molecule has 0 bridgehead atoms. The number of benzene rings is 1. The van der Waals surface area contributed by atoms with Crippen LogP contribution in [0.25, 0.3) is 0 Å². The van der Waals surface area contributed by atoms with Crippen LogP contribution in [-0.4, -0.2) is 19.1 Å². The van der Waals surface area contributed by atoms with E-state index in [1.165, 1.54) is 26.4 Å². The van der Waals surface area contributed by atoms with Gasteiger partial charge in [-0.25, -0.2) is 4.79 Å². The average molecular weight is 275 g/mol. The van der Waals surface area contributed by atoms with Gasteiger partial charge in [0.2, 0.25) is 0 Å². The highest BCUT2D eigenvalue weighted by Gasteiger charge is 2.27. The van der Waals surface area contributed by atoms with Crippen molar-refractivity contribution in [2.24, 2.45) is 11.8 Å². The standard InChI is InChI=1S/C17H25NO2/c1-11-6-5-7-16(13(11)3)18-15-9-8-14(10-12(15)2)17(19)20-4/h8-11,13,16,18H,5-7H2,1-4H3. The molecule has 0 spiro atoms. The lowest BCUT2D eigenvalue weighted by molar-refractivity contribution is 0.0600. The van der Waals surface area contributed by atoms with E-state index >= 15 is 0 Å². The molecule has 1 aliphatic rings. The Kier molecular flexibility index (Phi) is 4.69. The topological polar surface area (TPSA) is 38.3 Å². The number of aryl methyl sites for hydroxylation is 1. The van der Waals surface area contributed by atoms with E-state index in [9.17, 15) is 4.79 Å². The average Bonchev–Trinajstić information content (AvgIpc) is 2.45. The van der Waals surface area contributed by atoms with Crippen molar-refractivity contribution < 1.29 is 9.53 Å². The van der Waals surface area contributed by atoms with Crippen LogP contribution in [-0.2, 0) is 4.74 Å². The molecule has 3 atom stereocenters. The van der Waals surface area contributed by atoms with E-state index in [1.807, 2.05) is 25.1 Å². The van der Waals surface area contributed by atoms with Crippen LogP contribution >= 0.6 is 0 Å². The number of methoxy groups -OCH3 is 1. The van der Waals surface area contributed by atoms with Crippen molar-refractivity contribution in [3.63, 3.8) is 0 Å². The molecule has 1 aliphatic carbocycles. The van der Waals surface area contributed by atoms with Gasteiger partial charge in [0.25, 0.3) is 0 Å². The number of carbonyl (C=O) groups excluding carboxylic acids is 1. The fourth-order valence-electron chi connectivity index (χ4n) is 3.06. The van der Waals surface area contributed by atoms with Crippen LogP contribution in [0.4, 0.5) is 5.69 Å². The van der Waals surface area contributed by atoms with Crippen molar-refractivity contribution in [2.45, 2.75) is 46.1 Å². The first-order valence-corrected chi connectivity index (χ1v) is 7.48. The molecule has 0 amide bonds. The first-order valence-electron chi connectivity index (χ1n) is 7.48. The van der Waals surface area contributed by atoms with E-state index in [0.717, 1.165) is 17.2 Å². The predicted octanol–water partition coefficient (Wildman–Crippen LogP) is 4.02. The van der Waals surface area contributed by atoms with Gasteiger partial charge in [-0.1, -0.05) is 26.7 Å². The predicted molar refractivity (Wildman–Crippen MR) is 82.1 cm³/mol. The Bertz CT molecular complexity index is 484. The summed E-state index contributed by atoms with van der Waals surface area (Å²) in [4.78, 5) is 11.5. The van der Waals surface area contributed by atoms with Crippen LogP contribution in [0, 0.1) is 18.8 Å². The number of esters is 1. The molecule has 0 aliphatic heterocycles. The van der Waals surface area contributed by atoms with Crippen LogP contribution in [0.3, 0.4) is 0 Å². The number of carbonyl (C=O) groups is 1. The molecule has 1 aromatic carbocycles. The summed E-state index contributed by atoms with van der Waals surface area (Å²) in [5.41, 5.74) is 2.84. The summed E-state index contributed by atoms with van der Waals surface area (Å²) >= 11 is 0. The minimum Gasteiger partial charge on any atom is -0.465 e. The zero-order valence-corrected chi connectivity index (χ0v) is 12.9. The Morgan fingerprint density at radius 3 is 2.70 bits per heavy atom. The van der Waals surface area contributed by atoms with E-state index in [1.54, 1.807) is 0 Å². The SMILES string of the molecule is COC(=O)c1ccc(NC2CCCC(C)C2C)c(C)c1. The molecule has 1 fully saturated rings. The van der Waals surface area contributed by atoms with Crippen molar-refractivity contribution in [3.05, 3.63) is 29.3 Å². The summed E-state index contributed by atoms with van der Waals surface area (Å²) in [6, 6.07) is 6.25. The summed E-state index contributed by atoms with van der Waals surface area (Å²) in [5.74, 6) is 1.18. The fourth-order valence-corrected chi connectivity index (χ4v) is 3.06. The Balaban J connectivity index is 2.11. The molecule has 2 rings (SSSR count). The van der Waals surface area contributed by atoms with E-state index in [-0.39, 0.29) is 5.97 Å². The molecule has 0 radical (unpaired) electrons. The van der Waals surface area contributed by atoms with Crippen LogP contribution in [0.1, 0.15) is 49.0 Å². The maximum absolute atomic E-state index is 11.5. The Labute approximate surface area is 121 Å². The van der Waals surface area contributed by atoms with Gasteiger partial charge in [-0.15, -0.1) is 0 Å². The minimum absolute atomic E-state index is 0.278. The van der Waals surface area contributed by atoms with Gasteiger partial charge in [0.1, 0.15) is 0 Å². The molecule has 3 nitrogen and oxygen atoms in total. The molecule has 3 heteroatoms. The van der Waals surface area contributed by atoms with Gasteiger partial charge in [-0.3, -0.25) is 0 Å². The minimum atomic E-state index is -0.278. The second-order valence-corrected chi connectivity index (χ2v) is 6.04. The first kappa shape index (κ1) is 14.9. The monoisotopic (exact) mass is 275 g/mol. The fraction of sp³-hybridized carbons (Fsp3) is 0.588. The Morgan fingerprint density at radius 1 is 1.30 bits per heavy atom. The summed E-state index contributed by atoms with van der Waals surface area (Å²) < 4.78 is 4.75. The third-order valence-corrected chi connectivity index (χ3v) is 4.70. The number of nitrogens with one attached hydrogen (secondary N) is 1. The zero-order valence-electron chi connectivity index (χ0n) is 12.9. The Hall–Kier alpha value is -1.51. The number of rotatable bonds is 3. The summed E-state index contributed by atoms with van der Waals surface area (Å²) in [5, 5.41) is 3.66. The van der Waals surface area contributed by atoms with Gasteiger partial charge in [0.15, 0.2) is 0 Å². The van der Waals surface area contributed by atoms with Gasteiger partial charge in [0.05, 0.1) is 12.7 Å². The van der Waals surface area contributed by atoms with Gasteiger partial charge >= 0.3 is 5.97 Å². The van der Waals surface area contributed by atoms with E-state index < -0.39 is 0 Å². The van der Waals surface area contributed by atoms with Crippen molar-refractivity contribution in [3.8, 4) is 0 Å². The highest BCUT2D eigenvalue weighted by atomic mass is 16.5. The van der Waals surface area contributed by atoms with Gasteiger partial charge in [-0.2, -0.15) is 0 Å². The molecule has 0 aromatic heterocycles. The van der Waals surface area contributed by atoms with Crippen molar-refractivity contribution >= 4 is 11.7 Å². The van der Waals surface area contributed by atoms with Gasteiger partial charge < -0.3 is 10.1 Å². The smallest absolute Gasteiger partial charge is 0.337 e. The molecule has 1 saturated carbocycles. The number of hydrogen-bond donors (Lipinski definition) is 1. The van der Waals surface area contributed by atoms with Crippen LogP contribution in [0.15, 0.2) is 18.2 Å². The Morgan fingerprint density at radius 2 is 2.05 bits per heavy atom. The quantitative estimate of drug-likeness (QED) is 0.847. The van der Waals surface area contributed by atoms with Crippen LogP contribution in [0.5, 0.6) is 0 Å². The highest BCUT2D eigenvalue weighted by molar-refractivity contribution is 5.90. The molecule has 0 heterocycles. The molecule has 3 unspecified atom stereocenters. The van der Waals surface area contributed by atoms with Crippen molar-refractivity contribution in [1.29, 1.82) is 0 Å². The number of anilines is 1. The molecule has 110 valence electrons. The third kappa shape index (κ3) is 3.14. The maximum atomic E-state index is 11.5. The third-order valence-electron chi connectivity index (χ3n) is 4.70. The number of ether oxygens (including phenoxy) is 1. The van der Waals surface area contributed by atoms with Crippen molar-refractivity contribution in [1.82, 2.24) is 0 Å². The lowest BCUT2D eigenvalue weighted by Gasteiger charge is -2.35. The zero-order chi connectivity index (χ0) is 14.7. The molecule has 1 aromatic rings. The second-order valence-electron chi connectivity index (χ2n) is 6.04. The molecular formula is C17H25NO2. The van der Waals surface area contributed by atoms with E-state index in [2.05, 4.69) is 19.2 Å². The van der Waals surface area contributed by atoms with Crippen LogP contribution < -0.4 is 5.32 Å². The van der Waals surface area contributed by atoms with E-state index in [0.29, 0.717) is 17.5 Å². The highest BCUT2D eigenvalue weighted by Crippen LogP contribution is 2.32. The van der Waals surface area contributed by atoms with Crippen LogP contribution in [0.2, 0.25) is 0 Å². The largest absolute Gasteiger partial charge is 0.465 e. The normalized spacial score (nSPS) is 26.1. The first-order chi connectivity index (χ1) is 9.52. The molecule has 0 saturated heterocycles. The molecule has 1 N–H and O–H groups in total.